The molecule has 1 rings (SSSR count). The number of phenolic OH excluding ortho intramolecular Hbond substituents is 1. The number of amides is 1. The number of rotatable bonds is 5. The van der Waals surface area contributed by atoms with E-state index >= 15 is 0 Å². The van der Waals surface area contributed by atoms with Crippen LogP contribution < -0.4 is 11.5 Å². The van der Waals surface area contributed by atoms with Crippen LogP contribution in [0.5, 0.6) is 5.75 Å². The van der Waals surface area contributed by atoms with E-state index in [-0.39, 0.29) is 24.1 Å². The monoisotopic (exact) mass is 208 g/mol. The van der Waals surface area contributed by atoms with Gasteiger partial charge in [0.25, 0.3) is 0 Å². The Morgan fingerprint density at radius 2 is 1.93 bits per heavy atom. The number of aryl methyl sites for hydroxylation is 1. The lowest BCUT2D eigenvalue weighted by atomic mass is 10.0. The number of carbonyl (C=O) groups is 1. The molecule has 1 unspecified atom stereocenters. The van der Waals surface area contributed by atoms with Crippen molar-refractivity contribution < 1.29 is 9.90 Å². The standard InChI is InChI=1S/C11H16N2O2/c12-9(7-11(13)15)4-1-8-2-5-10(14)6-3-8/h2-3,5-6,9,14H,1,4,7,12H2,(H2,13,15). The molecule has 0 radical (unpaired) electrons. The fraction of sp³-hybridized carbons (Fsp3) is 0.364. The highest BCUT2D eigenvalue weighted by Gasteiger charge is 2.06. The maximum Gasteiger partial charge on any atom is 0.218 e. The number of carbonyl (C=O) groups excluding carboxylic acids is 1. The fourth-order valence-corrected chi connectivity index (χ4v) is 1.38. The summed E-state index contributed by atoms with van der Waals surface area (Å²) < 4.78 is 0. The van der Waals surface area contributed by atoms with Gasteiger partial charge in [-0.3, -0.25) is 4.79 Å². The van der Waals surface area contributed by atoms with Crippen molar-refractivity contribution in [1.82, 2.24) is 0 Å². The third kappa shape index (κ3) is 4.46. The predicted molar refractivity (Wildman–Crippen MR) is 58.2 cm³/mol. The number of aromatic hydroxyl groups is 1. The van der Waals surface area contributed by atoms with Crippen molar-refractivity contribution in [3.8, 4) is 5.75 Å². The summed E-state index contributed by atoms with van der Waals surface area (Å²) >= 11 is 0. The Labute approximate surface area is 88.9 Å². The Morgan fingerprint density at radius 1 is 1.33 bits per heavy atom. The zero-order valence-electron chi connectivity index (χ0n) is 8.52. The predicted octanol–water partition coefficient (Wildman–Crippen LogP) is 0.527. The maximum atomic E-state index is 10.6. The zero-order valence-corrected chi connectivity index (χ0v) is 8.52. The third-order valence-corrected chi connectivity index (χ3v) is 2.20. The lowest BCUT2D eigenvalue weighted by molar-refractivity contribution is -0.118. The van der Waals surface area contributed by atoms with Crippen molar-refractivity contribution in [2.24, 2.45) is 11.5 Å². The van der Waals surface area contributed by atoms with Crippen LogP contribution in [0.4, 0.5) is 0 Å². The van der Waals surface area contributed by atoms with Crippen molar-refractivity contribution in [3.63, 3.8) is 0 Å². The van der Waals surface area contributed by atoms with Crippen LogP contribution in [0.15, 0.2) is 24.3 Å². The number of hydrogen-bond acceptors (Lipinski definition) is 3. The highest BCUT2D eigenvalue weighted by Crippen LogP contribution is 2.12. The first-order valence-electron chi connectivity index (χ1n) is 4.89. The molecule has 5 N–H and O–H groups in total. The summed E-state index contributed by atoms with van der Waals surface area (Å²) in [7, 11) is 0. The van der Waals surface area contributed by atoms with Crippen molar-refractivity contribution in [2.75, 3.05) is 0 Å². The molecule has 0 aliphatic rings. The van der Waals surface area contributed by atoms with Gasteiger partial charge in [0.2, 0.25) is 5.91 Å². The molecular weight excluding hydrogens is 192 g/mol. The molecular formula is C11H16N2O2. The normalized spacial score (nSPS) is 12.3. The Hall–Kier alpha value is -1.55. The van der Waals surface area contributed by atoms with E-state index in [0.717, 1.165) is 12.0 Å². The van der Waals surface area contributed by atoms with Gasteiger partial charge in [-0.25, -0.2) is 0 Å². The minimum atomic E-state index is -0.367. The SMILES string of the molecule is NC(=O)CC(N)CCc1ccc(O)cc1. The molecule has 82 valence electrons. The van der Waals surface area contributed by atoms with Crippen molar-refractivity contribution in [1.29, 1.82) is 0 Å². The average Bonchev–Trinajstić information content (AvgIpc) is 2.16. The molecule has 1 atom stereocenters. The van der Waals surface area contributed by atoms with Gasteiger partial charge in [0.1, 0.15) is 5.75 Å². The number of nitrogens with two attached hydrogens (primary N) is 2. The molecule has 0 aliphatic heterocycles. The van der Waals surface area contributed by atoms with E-state index in [1.54, 1.807) is 12.1 Å². The lowest BCUT2D eigenvalue weighted by Crippen LogP contribution is -2.27. The molecule has 0 fully saturated rings. The average molecular weight is 208 g/mol. The Bertz CT molecular complexity index is 322. The third-order valence-electron chi connectivity index (χ3n) is 2.20. The van der Waals surface area contributed by atoms with Crippen molar-refractivity contribution in [3.05, 3.63) is 29.8 Å². The first-order chi connectivity index (χ1) is 7.08. The van der Waals surface area contributed by atoms with Gasteiger partial charge < -0.3 is 16.6 Å². The van der Waals surface area contributed by atoms with Crippen LogP contribution in [0.2, 0.25) is 0 Å². The van der Waals surface area contributed by atoms with Crippen LogP contribution in [0.1, 0.15) is 18.4 Å². The molecule has 4 heteroatoms. The molecule has 0 heterocycles. The summed E-state index contributed by atoms with van der Waals surface area (Å²) in [6.45, 7) is 0. The van der Waals surface area contributed by atoms with E-state index in [2.05, 4.69) is 0 Å². The second-order valence-corrected chi connectivity index (χ2v) is 3.64. The van der Waals surface area contributed by atoms with Gasteiger partial charge in [0, 0.05) is 12.5 Å². The van der Waals surface area contributed by atoms with Crippen molar-refractivity contribution in [2.45, 2.75) is 25.3 Å². The van der Waals surface area contributed by atoms with E-state index in [1.807, 2.05) is 12.1 Å². The molecule has 1 aromatic rings. The van der Waals surface area contributed by atoms with E-state index in [1.165, 1.54) is 0 Å². The van der Waals surface area contributed by atoms with Crippen LogP contribution >= 0.6 is 0 Å². The first-order valence-corrected chi connectivity index (χ1v) is 4.89. The summed E-state index contributed by atoms with van der Waals surface area (Å²) in [6.07, 6.45) is 1.72. The zero-order chi connectivity index (χ0) is 11.3. The van der Waals surface area contributed by atoms with Gasteiger partial charge in [-0.05, 0) is 30.5 Å². The second kappa shape index (κ2) is 5.36. The number of benzene rings is 1. The quantitative estimate of drug-likeness (QED) is 0.659. The van der Waals surface area contributed by atoms with Crippen LogP contribution in [-0.2, 0) is 11.2 Å². The summed E-state index contributed by atoms with van der Waals surface area (Å²) in [5.41, 5.74) is 11.8. The molecule has 0 aromatic heterocycles. The van der Waals surface area contributed by atoms with Crippen LogP contribution in [0.3, 0.4) is 0 Å². The molecule has 15 heavy (non-hydrogen) atoms. The highest BCUT2D eigenvalue weighted by atomic mass is 16.3. The largest absolute Gasteiger partial charge is 0.508 e. The summed E-state index contributed by atoms with van der Waals surface area (Å²) in [5.74, 6) is -0.117. The summed E-state index contributed by atoms with van der Waals surface area (Å²) in [5, 5.41) is 9.07. The topological polar surface area (TPSA) is 89.3 Å². The molecule has 0 saturated heterocycles. The number of phenols is 1. The number of hydrogen-bond donors (Lipinski definition) is 3. The van der Waals surface area contributed by atoms with E-state index in [9.17, 15) is 4.79 Å². The first kappa shape index (κ1) is 11.5. The van der Waals surface area contributed by atoms with Crippen LogP contribution in [0, 0.1) is 0 Å². The van der Waals surface area contributed by atoms with E-state index < -0.39 is 0 Å². The second-order valence-electron chi connectivity index (χ2n) is 3.64. The highest BCUT2D eigenvalue weighted by molar-refractivity contribution is 5.74. The van der Waals surface area contributed by atoms with Gasteiger partial charge in [-0.2, -0.15) is 0 Å². The Kier molecular flexibility index (Phi) is 4.12. The molecule has 0 bridgehead atoms. The molecule has 0 aliphatic carbocycles. The van der Waals surface area contributed by atoms with Crippen molar-refractivity contribution >= 4 is 5.91 Å². The van der Waals surface area contributed by atoms with E-state index in [0.29, 0.717) is 6.42 Å². The van der Waals surface area contributed by atoms with Gasteiger partial charge in [0.05, 0.1) is 0 Å². The molecule has 0 spiro atoms. The Balaban J connectivity index is 2.36. The van der Waals surface area contributed by atoms with E-state index in [4.69, 9.17) is 16.6 Å². The fourth-order valence-electron chi connectivity index (χ4n) is 1.38. The van der Waals surface area contributed by atoms with Crippen LogP contribution in [0.25, 0.3) is 0 Å². The number of primary amides is 1. The smallest absolute Gasteiger partial charge is 0.218 e. The Morgan fingerprint density at radius 3 is 2.47 bits per heavy atom. The minimum Gasteiger partial charge on any atom is -0.508 e. The molecule has 0 saturated carbocycles. The lowest BCUT2D eigenvalue weighted by Gasteiger charge is -2.08. The van der Waals surface area contributed by atoms with Gasteiger partial charge in [-0.15, -0.1) is 0 Å². The van der Waals surface area contributed by atoms with Gasteiger partial charge in [0.15, 0.2) is 0 Å². The maximum absolute atomic E-state index is 10.6. The van der Waals surface area contributed by atoms with Crippen LogP contribution in [-0.4, -0.2) is 17.1 Å². The molecule has 4 nitrogen and oxygen atoms in total. The molecule has 1 amide bonds. The minimum absolute atomic E-state index is 0.184. The van der Waals surface area contributed by atoms with Gasteiger partial charge >= 0.3 is 0 Å². The summed E-state index contributed by atoms with van der Waals surface area (Å²) in [6, 6.07) is 6.76. The molecule has 1 aromatic carbocycles. The summed E-state index contributed by atoms with van der Waals surface area (Å²) in [4.78, 5) is 10.6. The van der Waals surface area contributed by atoms with Gasteiger partial charge in [-0.1, -0.05) is 12.1 Å².